The van der Waals surface area contributed by atoms with Gasteiger partial charge in [-0.2, -0.15) is 13.2 Å². The Morgan fingerprint density at radius 3 is 2.47 bits per heavy atom. The average Bonchev–Trinajstić information content (AvgIpc) is 3.54. The molecule has 0 radical (unpaired) electrons. The Bertz CT molecular complexity index is 2510. The fraction of sp³-hybridized carbons (Fsp3) is 0.326. The molecule has 308 valence electrons. The van der Waals surface area contributed by atoms with Crippen LogP contribution in [-0.2, 0) is 28.9 Å². The van der Waals surface area contributed by atoms with Gasteiger partial charge in [-0.05, 0) is 129 Å². The summed E-state index contributed by atoms with van der Waals surface area (Å²) in [6.45, 7) is 6.77. The van der Waals surface area contributed by atoms with E-state index in [1.54, 1.807) is 35.2 Å². The predicted octanol–water partition coefficient (Wildman–Crippen LogP) is 7.40. The van der Waals surface area contributed by atoms with E-state index in [0.29, 0.717) is 41.8 Å². The molecule has 14 heteroatoms. The number of carbonyl (C=O) groups is 4. The second-order valence-corrected chi connectivity index (χ2v) is 16.4. The van der Waals surface area contributed by atoms with Gasteiger partial charge in [-0.3, -0.25) is 34.4 Å². The van der Waals surface area contributed by atoms with E-state index < -0.39 is 23.7 Å². The molecule has 5 heterocycles. The minimum absolute atomic E-state index is 0.160. The Morgan fingerprint density at radius 1 is 0.950 bits per heavy atom. The van der Waals surface area contributed by atoms with Crippen LogP contribution in [0.1, 0.15) is 81.9 Å². The zero-order valence-electron chi connectivity index (χ0n) is 32.9. The summed E-state index contributed by atoms with van der Waals surface area (Å²) in [5, 5.41) is 6.90. The van der Waals surface area contributed by atoms with Crippen LogP contribution in [0.15, 0.2) is 97.1 Å². The summed E-state index contributed by atoms with van der Waals surface area (Å²) in [6, 6.07) is 26.0. The molecule has 0 aliphatic carbocycles. The van der Waals surface area contributed by atoms with Crippen molar-refractivity contribution in [2.24, 2.45) is 5.41 Å². The molecule has 2 atom stereocenters. The number of alkyl halides is 3. The summed E-state index contributed by atoms with van der Waals surface area (Å²) in [4.78, 5) is 62.0. The van der Waals surface area contributed by atoms with Crippen LogP contribution >= 0.6 is 0 Å². The molecule has 5 aromatic rings. The number of nitrogens with zero attached hydrogens (tertiary/aromatic N) is 4. The van der Waals surface area contributed by atoms with Gasteiger partial charge < -0.3 is 19.9 Å². The number of hydrogen-bond donors (Lipinski definition) is 2. The Labute approximate surface area is 344 Å². The van der Waals surface area contributed by atoms with Crippen molar-refractivity contribution in [3.8, 4) is 11.5 Å². The number of amides is 4. The van der Waals surface area contributed by atoms with Crippen molar-refractivity contribution in [1.29, 1.82) is 0 Å². The van der Waals surface area contributed by atoms with E-state index in [9.17, 15) is 32.3 Å². The monoisotopic (exact) mass is 816 g/mol. The Hall–Kier alpha value is -6.28. The third-order valence-electron chi connectivity index (χ3n) is 12.4. The van der Waals surface area contributed by atoms with Gasteiger partial charge >= 0.3 is 6.18 Å². The van der Waals surface area contributed by atoms with Crippen molar-refractivity contribution in [3.05, 3.63) is 131 Å². The molecule has 3 saturated heterocycles. The molecule has 3 fully saturated rings. The second kappa shape index (κ2) is 15.4. The number of likely N-dealkylation sites (tertiary alicyclic amines) is 1. The van der Waals surface area contributed by atoms with Gasteiger partial charge in [0, 0.05) is 60.2 Å². The maximum absolute atomic E-state index is 13.4. The number of aromatic nitrogens is 1. The SMILES string of the molecule is C[C@H](NC(=O)c1ccc2c(Oc3ccc(C(F)(F)F)cc3)cccc2c1)c1cccc(CN2CCC3(CC2)CN(c2ccc4c(c2)CN(C2CCC(=O)NC2=O)C4=O)C3)n1. The standard InChI is InChI=1S/C46H43F3N6O5/c1-28(50-42(57)30-8-14-36-29(22-30)4-2-7-40(36)60-35-12-9-32(10-13-35)46(47,48)49)38-6-3-5-33(51-38)25-53-20-18-45(19-21-53)26-54(27-45)34-11-15-37-31(23-34)24-55(44(37)59)39-16-17-41(56)52-43(39)58/h2-15,22-23,28,39H,16-21,24-27H2,1H3,(H,50,57)(H,52,56,58)/t28-,39?/m0/s1. The number of ether oxygens (including phenoxy) is 1. The summed E-state index contributed by atoms with van der Waals surface area (Å²) < 4.78 is 44.9. The fourth-order valence-electron chi connectivity index (χ4n) is 8.94. The number of carbonyl (C=O) groups excluding carboxylic acids is 4. The van der Waals surface area contributed by atoms with Crippen LogP contribution in [0.5, 0.6) is 11.5 Å². The highest BCUT2D eigenvalue weighted by molar-refractivity contribution is 6.05. The number of anilines is 1. The Morgan fingerprint density at radius 2 is 1.72 bits per heavy atom. The predicted molar refractivity (Wildman–Crippen MR) is 217 cm³/mol. The molecule has 1 unspecified atom stereocenters. The topological polar surface area (TPSA) is 124 Å². The van der Waals surface area contributed by atoms with Crippen LogP contribution in [0.25, 0.3) is 10.8 Å². The fourth-order valence-corrected chi connectivity index (χ4v) is 8.94. The summed E-state index contributed by atoms with van der Waals surface area (Å²) in [7, 11) is 0. The lowest BCUT2D eigenvalue weighted by Gasteiger charge is -2.55. The van der Waals surface area contributed by atoms with Gasteiger partial charge in [-0.1, -0.05) is 18.2 Å². The van der Waals surface area contributed by atoms with Crippen molar-refractivity contribution in [3.63, 3.8) is 0 Å². The lowest BCUT2D eigenvalue weighted by molar-refractivity contribution is -0.138. The first-order valence-electron chi connectivity index (χ1n) is 20.2. The highest BCUT2D eigenvalue weighted by atomic mass is 19.4. The number of piperidine rings is 2. The highest BCUT2D eigenvalue weighted by Crippen LogP contribution is 2.44. The van der Waals surface area contributed by atoms with Gasteiger partial charge in [-0.25, -0.2) is 0 Å². The van der Waals surface area contributed by atoms with Gasteiger partial charge in [0.25, 0.3) is 11.8 Å². The number of nitrogens with one attached hydrogen (secondary N) is 2. The first-order chi connectivity index (χ1) is 28.8. The summed E-state index contributed by atoms with van der Waals surface area (Å²) >= 11 is 0. The van der Waals surface area contributed by atoms with Gasteiger partial charge in [0.15, 0.2) is 0 Å². The first kappa shape index (κ1) is 39.2. The van der Waals surface area contributed by atoms with Gasteiger partial charge in [-0.15, -0.1) is 0 Å². The molecule has 1 aromatic heterocycles. The maximum Gasteiger partial charge on any atom is 0.416 e. The molecule has 2 N–H and O–H groups in total. The van der Waals surface area contributed by atoms with Crippen molar-refractivity contribution in [2.45, 2.75) is 64.0 Å². The number of fused-ring (bicyclic) bond motifs is 2. The van der Waals surface area contributed by atoms with Crippen LogP contribution in [0, 0.1) is 5.41 Å². The minimum Gasteiger partial charge on any atom is -0.457 e. The molecule has 4 amide bonds. The van der Waals surface area contributed by atoms with Gasteiger partial charge in [0.2, 0.25) is 11.8 Å². The lowest BCUT2D eigenvalue weighted by Crippen LogP contribution is -2.60. The van der Waals surface area contributed by atoms with E-state index >= 15 is 0 Å². The van der Waals surface area contributed by atoms with Crippen LogP contribution in [0.3, 0.4) is 0 Å². The second-order valence-electron chi connectivity index (χ2n) is 16.4. The summed E-state index contributed by atoms with van der Waals surface area (Å²) in [6.07, 6.45) is -1.72. The van der Waals surface area contributed by atoms with E-state index in [4.69, 9.17) is 9.72 Å². The quantitative estimate of drug-likeness (QED) is 0.148. The third-order valence-corrected chi connectivity index (χ3v) is 12.4. The van der Waals surface area contributed by atoms with E-state index in [1.165, 1.54) is 12.1 Å². The average molecular weight is 817 g/mol. The number of rotatable bonds is 9. The van der Waals surface area contributed by atoms with E-state index in [1.807, 2.05) is 43.3 Å². The number of pyridine rings is 1. The van der Waals surface area contributed by atoms with Crippen LogP contribution < -0.4 is 20.3 Å². The lowest BCUT2D eigenvalue weighted by atomic mass is 9.71. The molecule has 0 bridgehead atoms. The van der Waals surface area contributed by atoms with Crippen LogP contribution in [0.4, 0.5) is 18.9 Å². The minimum atomic E-state index is -4.43. The molecule has 4 aliphatic heterocycles. The van der Waals surface area contributed by atoms with E-state index in [2.05, 4.69) is 26.5 Å². The maximum atomic E-state index is 13.4. The molecule has 4 aromatic carbocycles. The molecular formula is C46H43F3N6O5. The van der Waals surface area contributed by atoms with E-state index in [0.717, 1.165) is 79.2 Å². The largest absolute Gasteiger partial charge is 0.457 e. The normalized spacial score (nSPS) is 19.5. The van der Waals surface area contributed by atoms with Crippen LogP contribution in [0.2, 0.25) is 0 Å². The molecule has 60 heavy (non-hydrogen) atoms. The smallest absolute Gasteiger partial charge is 0.416 e. The summed E-state index contributed by atoms with van der Waals surface area (Å²) in [5.41, 5.74) is 4.26. The number of benzene rings is 4. The summed E-state index contributed by atoms with van der Waals surface area (Å²) in [5.74, 6) is -0.387. The molecule has 1 spiro atoms. The van der Waals surface area contributed by atoms with E-state index in [-0.39, 0.29) is 41.3 Å². The highest BCUT2D eigenvalue weighted by Gasteiger charge is 2.46. The Kier molecular flexibility index (Phi) is 10.1. The molecular weight excluding hydrogens is 774 g/mol. The third kappa shape index (κ3) is 7.79. The molecule has 0 saturated carbocycles. The number of imide groups is 1. The Balaban J connectivity index is 0.765. The molecule has 4 aliphatic rings. The van der Waals surface area contributed by atoms with Crippen molar-refractivity contribution >= 4 is 40.1 Å². The van der Waals surface area contributed by atoms with Crippen LogP contribution in [-0.4, -0.2) is 70.6 Å². The number of halogens is 3. The zero-order chi connectivity index (χ0) is 41.8. The van der Waals surface area contributed by atoms with Gasteiger partial charge in [0.1, 0.15) is 17.5 Å². The molecule has 11 nitrogen and oxygen atoms in total. The zero-order valence-corrected chi connectivity index (χ0v) is 32.9. The van der Waals surface area contributed by atoms with Gasteiger partial charge in [0.05, 0.1) is 23.0 Å². The first-order valence-corrected chi connectivity index (χ1v) is 20.2. The van der Waals surface area contributed by atoms with Crippen molar-refractivity contribution in [1.82, 2.24) is 25.4 Å². The number of hydrogen-bond acceptors (Lipinski definition) is 8. The van der Waals surface area contributed by atoms with Crippen molar-refractivity contribution in [2.75, 3.05) is 31.1 Å². The molecule has 9 rings (SSSR count). The van der Waals surface area contributed by atoms with Crippen molar-refractivity contribution < 1.29 is 37.1 Å².